The summed E-state index contributed by atoms with van der Waals surface area (Å²) in [6.45, 7) is 5.84. The molecular weight excluding hydrogens is 134 g/mol. The molecule has 9 heavy (non-hydrogen) atoms. The van der Waals surface area contributed by atoms with Gasteiger partial charge < -0.3 is 0 Å². The summed E-state index contributed by atoms with van der Waals surface area (Å²) in [5.74, 6) is 0.824. The lowest BCUT2D eigenvalue weighted by Gasteiger charge is -1.67. The summed E-state index contributed by atoms with van der Waals surface area (Å²) in [5, 5.41) is 5.38. The summed E-state index contributed by atoms with van der Waals surface area (Å²) in [6.07, 6.45) is 0. The predicted molar refractivity (Wildman–Crippen MR) is 39.9 cm³/mol. The fourth-order valence-corrected chi connectivity index (χ4v) is 0.540. The van der Waals surface area contributed by atoms with E-state index in [0.29, 0.717) is 4.77 Å². The van der Waals surface area contributed by atoms with Crippen molar-refractivity contribution in [2.24, 2.45) is 0 Å². The minimum Gasteiger partial charge on any atom is -0.286 e. The molecule has 52 valence electrons. The molecule has 0 atom stereocenters. The van der Waals surface area contributed by atoms with Gasteiger partial charge in [0.1, 0.15) is 5.82 Å². The first kappa shape index (κ1) is 8.36. The molecule has 0 aliphatic heterocycles. The summed E-state index contributed by atoms with van der Waals surface area (Å²) in [6, 6.07) is 0. The van der Waals surface area contributed by atoms with Crippen LogP contribution in [0.5, 0.6) is 0 Å². The average molecular weight is 145 g/mol. The summed E-state index contributed by atoms with van der Waals surface area (Å²) >= 11 is 4.63. The van der Waals surface area contributed by atoms with E-state index in [0.717, 1.165) is 5.82 Å². The molecule has 0 radical (unpaired) electrons. The van der Waals surface area contributed by atoms with Crippen molar-refractivity contribution in [3.63, 3.8) is 0 Å². The van der Waals surface area contributed by atoms with E-state index < -0.39 is 0 Å². The van der Waals surface area contributed by atoms with Gasteiger partial charge in [0.2, 0.25) is 4.77 Å². The van der Waals surface area contributed by atoms with Crippen LogP contribution in [0.15, 0.2) is 0 Å². The van der Waals surface area contributed by atoms with Gasteiger partial charge in [-0.2, -0.15) is 0 Å². The first-order valence-electron chi connectivity index (χ1n) is 2.90. The SMILES string of the molecule is CC.Cc1nc(=S)[nH][nH]1. The Morgan fingerprint density at radius 1 is 1.33 bits per heavy atom. The highest BCUT2D eigenvalue weighted by atomic mass is 32.1. The van der Waals surface area contributed by atoms with Crippen molar-refractivity contribution in [1.82, 2.24) is 15.2 Å². The summed E-state index contributed by atoms with van der Waals surface area (Å²) < 4.78 is 0.512. The lowest BCUT2D eigenvalue weighted by Crippen LogP contribution is -1.68. The van der Waals surface area contributed by atoms with Gasteiger partial charge in [-0.25, -0.2) is 4.98 Å². The first-order chi connectivity index (χ1) is 4.29. The second kappa shape index (κ2) is 4.26. The quantitative estimate of drug-likeness (QED) is 0.547. The fraction of sp³-hybridized carbons (Fsp3) is 0.600. The predicted octanol–water partition coefficient (Wildman–Crippen LogP) is 1.80. The van der Waals surface area contributed by atoms with Gasteiger partial charge in [0.05, 0.1) is 0 Å². The van der Waals surface area contributed by atoms with Crippen LogP contribution < -0.4 is 0 Å². The van der Waals surface area contributed by atoms with Gasteiger partial charge in [-0.15, -0.1) is 0 Å². The number of rotatable bonds is 0. The van der Waals surface area contributed by atoms with Crippen molar-refractivity contribution in [3.8, 4) is 0 Å². The molecular formula is C5H11N3S. The molecule has 0 amide bonds. The number of nitrogens with zero attached hydrogens (tertiary/aromatic N) is 1. The highest BCUT2D eigenvalue weighted by molar-refractivity contribution is 7.71. The number of hydrogen-bond acceptors (Lipinski definition) is 2. The maximum absolute atomic E-state index is 4.63. The molecule has 0 spiro atoms. The minimum absolute atomic E-state index is 0.512. The van der Waals surface area contributed by atoms with Crippen LogP contribution in [0.2, 0.25) is 0 Å². The highest BCUT2D eigenvalue weighted by Crippen LogP contribution is 1.79. The third-order valence-corrected chi connectivity index (χ3v) is 0.813. The molecule has 0 aromatic carbocycles. The monoisotopic (exact) mass is 145 g/mol. The lowest BCUT2D eigenvalue weighted by atomic mass is 10.8. The molecule has 0 fully saturated rings. The van der Waals surface area contributed by atoms with E-state index in [4.69, 9.17) is 0 Å². The second-order valence-electron chi connectivity index (χ2n) is 1.25. The van der Waals surface area contributed by atoms with Crippen LogP contribution in [-0.4, -0.2) is 15.2 Å². The average Bonchev–Trinajstić information content (AvgIpc) is 2.20. The van der Waals surface area contributed by atoms with E-state index in [1.165, 1.54) is 0 Å². The number of hydrogen-bond donors (Lipinski definition) is 2. The summed E-state index contributed by atoms with van der Waals surface area (Å²) in [7, 11) is 0. The Morgan fingerprint density at radius 3 is 2.00 bits per heavy atom. The molecule has 0 saturated carbocycles. The number of aromatic amines is 2. The van der Waals surface area contributed by atoms with Crippen LogP contribution in [0, 0.1) is 11.7 Å². The van der Waals surface area contributed by atoms with Crippen molar-refractivity contribution in [2.75, 3.05) is 0 Å². The Kier molecular flexibility index (Phi) is 3.96. The number of aryl methyl sites for hydroxylation is 1. The fourth-order valence-electron chi connectivity index (χ4n) is 0.352. The van der Waals surface area contributed by atoms with Crippen molar-refractivity contribution in [1.29, 1.82) is 0 Å². The van der Waals surface area contributed by atoms with Crippen LogP contribution in [-0.2, 0) is 0 Å². The van der Waals surface area contributed by atoms with Gasteiger partial charge in [0.25, 0.3) is 0 Å². The van der Waals surface area contributed by atoms with Crippen molar-refractivity contribution in [2.45, 2.75) is 20.8 Å². The third kappa shape index (κ3) is 3.03. The highest BCUT2D eigenvalue weighted by Gasteiger charge is 1.79. The van der Waals surface area contributed by atoms with Gasteiger partial charge in [-0.1, -0.05) is 13.8 Å². The van der Waals surface area contributed by atoms with E-state index in [1.807, 2.05) is 20.8 Å². The molecule has 4 heteroatoms. The van der Waals surface area contributed by atoms with E-state index in [1.54, 1.807) is 0 Å². The first-order valence-corrected chi connectivity index (χ1v) is 3.31. The third-order valence-electron chi connectivity index (χ3n) is 0.620. The maximum atomic E-state index is 4.63. The lowest BCUT2D eigenvalue weighted by molar-refractivity contribution is 1.03. The van der Waals surface area contributed by atoms with Crippen LogP contribution in [0.25, 0.3) is 0 Å². The Balaban J connectivity index is 0.000000291. The normalized spacial score (nSPS) is 7.89. The van der Waals surface area contributed by atoms with E-state index in [9.17, 15) is 0 Å². The van der Waals surface area contributed by atoms with Gasteiger partial charge in [0.15, 0.2) is 0 Å². The van der Waals surface area contributed by atoms with Crippen molar-refractivity contribution < 1.29 is 0 Å². The molecule has 0 aliphatic rings. The molecule has 1 heterocycles. The molecule has 0 saturated heterocycles. The smallest absolute Gasteiger partial charge is 0.213 e. The Labute approximate surface area is 59.5 Å². The maximum Gasteiger partial charge on any atom is 0.213 e. The standard InChI is InChI=1S/C3H5N3S.C2H6/c1-2-4-3(7)6-5-2;1-2/h1H3,(H2,4,5,6,7);1-2H3. The van der Waals surface area contributed by atoms with Gasteiger partial charge >= 0.3 is 0 Å². The zero-order valence-electron chi connectivity index (χ0n) is 5.86. The zero-order chi connectivity index (χ0) is 7.28. The zero-order valence-corrected chi connectivity index (χ0v) is 6.67. The molecule has 1 rings (SSSR count). The Morgan fingerprint density at radius 2 is 1.89 bits per heavy atom. The van der Waals surface area contributed by atoms with Crippen molar-refractivity contribution in [3.05, 3.63) is 10.6 Å². The summed E-state index contributed by atoms with van der Waals surface area (Å²) in [4.78, 5) is 3.81. The van der Waals surface area contributed by atoms with E-state index >= 15 is 0 Å². The minimum atomic E-state index is 0.512. The van der Waals surface area contributed by atoms with Crippen LogP contribution in [0.4, 0.5) is 0 Å². The molecule has 2 N–H and O–H groups in total. The van der Waals surface area contributed by atoms with E-state index in [2.05, 4.69) is 27.4 Å². The largest absolute Gasteiger partial charge is 0.286 e. The van der Waals surface area contributed by atoms with Gasteiger partial charge in [-0.05, 0) is 19.1 Å². The van der Waals surface area contributed by atoms with Crippen LogP contribution >= 0.6 is 12.2 Å². The van der Waals surface area contributed by atoms with Gasteiger partial charge in [0, 0.05) is 0 Å². The topological polar surface area (TPSA) is 44.5 Å². The Bertz CT molecular complexity index is 200. The number of aromatic nitrogens is 3. The van der Waals surface area contributed by atoms with Crippen molar-refractivity contribution >= 4 is 12.2 Å². The Hall–Kier alpha value is -0.640. The molecule has 0 unspecified atom stereocenters. The molecule has 1 aromatic rings. The van der Waals surface area contributed by atoms with Crippen LogP contribution in [0.1, 0.15) is 19.7 Å². The molecule has 0 aliphatic carbocycles. The molecule has 0 bridgehead atoms. The number of nitrogens with one attached hydrogen (secondary N) is 2. The summed E-state index contributed by atoms with van der Waals surface area (Å²) in [5.41, 5.74) is 0. The molecule has 1 aromatic heterocycles. The number of H-pyrrole nitrogens is 2. The van der Waals surface area contributed by atoms with E-state index in [-0.39, 0.29) is 0 Å². The van der Waals surface area contributed by atoms with Crippen LogP contribution in [0.3, 0.4) is 0 Å². The van der Waals surface area contributed by atoms with Gasteiger partial charge in [-0.3, -0.25) is 10.2 Å². The molecule has 3 nitrogen and oxygen atoms in total. The second-order valence-corrected chi connectivity index (χ2v) is 1.64.